The highest BCUT2D eigenvalue weighted by Crippen LogP contribution is 2.16. The fraction of sp³-hybridized carbons (Fsp3) is 0.188. The number of aryl methyl sites for hydroxylation is 2. The summed E-state index contributed by atoms with van der Waals surface area (Å²) in [6, 6.07) is 11.2. The van der Waals surface area contributed by atoms with Crippen LogP contribution in [0.3, 0.4) is 0 Å². The number of carbonyl (C=O) groups excluding carboxylic acids is 1. The van der Waals surface area contributed by atoms with Gasteiger partial charge < -0.3 is 15.0 Å². The van der Waals surface area contributed by atoms with Gasteiger partial charge in [-0.3, -0.25) is 4.79 Å². The van der Waals surface area contributed by atoms with E-state index < -0.39 is 7.12 Å². The maximum Gasteiger partial charge on any atom is 0.491 e. The highest BCUT2D eigenvalue weighted by atomic mass is 16.5. The topological polar surface area (TPSA) is 58.6 Å². The SMILES string of the molecule is Cc1cc(C)cc(C(=O)Nc2ccc3c(c2)B(O)OC3)c1. The van der Waals surface area contributed by atoms with Crippen molar-refractivity contribution in [1.29, 1.82) is 0 Å². The van der Waals surface area contributed by atoms with Crippen LogP contribution in [0.2, 0.25) is 0 Å². The average molecular weight is 281 g/mol. The molecule has 0 saturated heterocycles. The Hall–Kier alpha value is -2.11. The van der Waals surface area contributed by atoms with Crippen LogP contribution in [-0.2, 0) is 11.3 Å². The average Bonchev–Trinajstić information content (AvgIpc) is 2.79. The Morgan fingerprint density at radius 3 is 2.62 bits per heavy atom. The third-order valence-corrected chi connectivity index (χ3v) is 3.55. The predicted molar refractivity (Wildman–Crippen MR) is 82.7 cm³/mol. The summed E-state index contributed by atoms with van der Waals surface area (Å²) in [7, 11) is -0.905. The van der Waals surface area contributed by atoms with Crippen molar-refractivity contribution in [2.75, 3.05) is 5.32 Å². The molecule has 0 fully saturated rings. The maximum absolute atomic E-state index is 12.3. The molecular formula is C16H16BNO3. The van der Waals surface area contributed by atoms with Crippen molar-refractivity contribution >= 4 is 24.2 Å². The van der Waals surface area contributed by atoms with Crippen LogP contribution in [-0.4, -0.2) is 18.0 Å². The highest BCUT2D eigenvalue weighted by Gasteiger charge is 2.27. The van der Waals surface area contributed by atoms with Crippen LogP contribution in [0.1, 0.15) is 27.0 Å². The molecule has 2 N–H and O–H groups in total. The number of rotatable bonds is 2. The standard InChI is InChI=1S/C16H16BNO3/c1-10-5-11(2)7-13(6-10)16(19)18-14-4-3-12-9-21-17(20)15(12)8-14/h3-8,20H,9H2,1-2H3,(H,18,19). The first-order valence-corrected chi connectivity index (χ1v) is 6.85. The molecule has 21 heavy (non-hydrogen) atoms. The third kappa shape index (κ3) is 2.84. The van der Waals surface area contributed by atoms with Crippen LogP contribution in [0.15, 0.2) is 36.4 Å². The predicted octanol–water partition coefficient (Wildman–Crippen LogP) is 1.77. The molecule has 5 heteroatoms. The van der Waals surface area contributed by atoms with Crippen LogP contribution in [0, 0.1) is 13.8 Å². The van der Waals surface area contributed by atoms with Gasteiger partial charge in [0, 0.05) is 11.3 Å². The summed E-state index contributed by atoms with van der Waals surface area (Å²) in [4.78, 5) is 12.3. The molecule has 1 heterocycles. The quantitative estimate of drug-likeness (QED) is 0.825. The van der Waals surface area contributed by atoms with Gasteiger partial charge in [0.05, 0.1) is 6.61 Å². The van der Waals surface area contributed by atoms with E-state index in [0.717, 1.165) is 16.7 Å². The zero-order valence-corrected chi connectivity index (χ0v) is 12.0. The Balaban J connectivity index is 1.83. The lowest BCUT2D eigenvalue weighted by Crippen LogP contribution is -2.28. The van der Waals surface area contributed by atoms with Crippen LogP contribution >= 0.6 is 0 Å². The molecule has 0 saturated carbocycles. The molecule has 1 aliphatic rings. The second-order valence-corrected chi connectivity index (χ2v) is 5.41. The normalized spacial score (nSPS) is 13.2. The minimum absolute atomic E-state index is 0.157. The van der Waals surface area contributed by atoms with E-state index in [4.69, 9.17) is 4.65 Å². The molecule has 0 bridgehead atoms. The van der Waals surface area contributed by atoms with Crippen LogP contribution in [0.5, 0.6) is 0 Å². The molecule has 3 rings (SSSR count). The number of amides is 1. The summed E-state index contributed by atoms with van der Waals surface area (Å²) >= 11 is 0. The van der Waals surface area contributed by atoms with E-state index in [2.05, 4.69) is 5.32 Å². The van der Waals surface area contributed by atoms with Crippen molar-refractivity contribution in [3.05, 3.63) is 58.7 Å². The first kappa shape index (κ1) is 13.9. The lowest BCUT2D eigenvalue weighted by Gasteiger charge is -2.08. The lowest BCUT2D eigenvalue weighted by molar-refractivity contribution is 0.102. The Labute approximate surface area is 123 Å². The van der Waals surface area contributed by atoms with Crippen molar-refractivity contribution in [1.82, 2.24) is 0 Å². The van der Waals surface area contributed by atoms with Crippen molar-refractivity contribution in [3.63, 3.8) is 0 Å². The van der Waals surface area contributed by atoms with Crippen LogP contribution in [0.4, 0.5) is 5.69 Å². The molecule has 0 aromatic heterocycles. The van der Waals surface area contributed by atoms with Crippen molar-refractivity contribution < 1.29 is 14.5 Å². The number of carbonyl (C=O) groups is 1. The third-order valence-electron chi connectivity index (χ3n) is 3.55. The van der Waals surface area contributed by atoms with Gasteiger partial charge in [-0.05, 0) is 49.1 Å². The van der Waals surface area contributed by atoms with E-state index in [9.17, 15) is 9.82 Å². The molecule has 2 aromatic rings. The Morgan fingerprint density at radius 2 is 1.90 bits per heavy atom. The van der Waals surface area contributed by atoms with E-state index in [0.29, 0.717) is 23.3 Å². The van der Waals surface area contributed by atoms with Gasteiger partial charge in [-0.1, -0.05) is 23.3 Å². The maximum atomic E-state index is 12.3. The van der Waals surface area contributed by atoms with Gasteiger partial charge in [-0.2, -0.15) is 0 Å². The second-order valence-electron chi connectivity index (χ2n) is 5.41. The molecule has 0 spiro atoms. The molecule has 0 atom stereocenters. The van der Waals surface area contributed by atoms with Gasteiger partial charge in [0.2, 0.25) is 0 Å². The number of hydrogen-bond donors (Lipinski definition) is 2. The molecule has 1 amide bonds. The molecular weight excluding hydrogens is 265 g/mol. The van der Waals surface area contributed by atoms with E-state index in [1.54, 1.807) is 6.07 Å². The Kier molecular flexibility index (Phi) is 3.53. The van der Waals surface area contributed by atoms with Gasteiger partial charge in [-0.25, -0.2) is 0 Å². The fourth-order valence-electron chi connectivity index (χ4n) is 2.60. The van der Waals surface area contributed by atoms with Crippen molar-refractivity contribution in [2.24, 2.45) is 0 Å². The van der Waals surface area contributed by atoms with Gasteiger partial charge in [-0.15, -0.1) is 0 Å². The number of nitrogens with one attached hydrogen (secondary N) is 1. The zero-order valence-electron chi connectivity index (χ0n) is 12.0. The lowest BCUT2D eigenvalue weighted by atomic mass is 9.79. The van der Waals surface area contributed by atoms with Crippen molar-refractivity contribution in [2.45, 2.75) is 20.5 Å². The van der Waals surface area contributed by atoms with Gasteiger partial charge in [0.25, 0.3) is 5.91 Å². The molecule has 0 radical (unpaired) electrons. The zero-order chi connectivity index (χ0) is 15.0. The minimum atomic E-state index is -0.905. The van der Waals surface area contributed by atoms with E-state index in [-0.39, 0.29) is 5.91 Å². The minimum Gasteiger partial charge on any atom is -0.423 e. The van der Waals surface area contributed by atoms with Crippen LogP contribution < -0.4 is 10.8 Å². The summed E-state index contributed by atoms with van der Waals surface area (Å²) in [5, 5.41) is 12.6. The monoisotopic (exact) mass is 281 g/mol. The smallest absolute Gasteiger partial charge is 0.423 e. The molecule has 1 aliphatic heterocycles. The van der Waals surface area contributed by atoms with Gasteiger partial charge >= 0.3 is 7.12 Å². The largest absolute Gasteiger partial charge is 0.491 e. The molecule has 2 aromatic carbocycles. The van der Waals surface area contributed by atoms with E-state index in [1.807, 2.05) is 44.2 Å². The Morgan fingerprint density at radius 1 is 1.19 bits per heavy atom. The first-order chi connectivity index (χ1) is 10.0. The summed E-state index contributed by atoms with van der Waals surface area (Å²) in [5.41, 5.74) is 5.06. The number of fused-ring (bicyclic) bond motifs is 1. The number of hydrogen-bond acceptors (Lipinski definition) is 3. The van der Waals surface area contributed by atoms with Gasteiger partial charge in [0.15, 0.2) is 0 Å². The summed E-state index contributed by atoms with van der Waals surface area (Å²) in [5.74, 6) is -0.157. The summed E-state index contributed by atoms with van der Waals surface area (Å²) in [6.45, 7) is 4.33. The van der Waals surface area contributed by atoms with Gasteiger partial charge in [0.1, 0.15) is 0 Å². The second kappa shape index (κ2) is 5.35. The number of anilines is 1. The molecule has 0 unspecified atom stereocenters. The Bertz CT molecular complexity index is 694. The number of benzene rings is 2. The van der Waals surface area contributed by atoms with E-state index in [1.165, 1.54) is 0 Å². The van der Waals surface area contributed by atoms with Crippen LogP contribution in [0.25, 0.3) is 0 Å². The summed E-state index contributed by atoms with van der Waals surface area (Å²) in [6.07, 6.45) is 0. The summed E-state index contributed by atoms with van der Waals surface area (Å²) < 4.78 is 5.14. The highest BCUT2D eigenvalue weighted by molar-refractivity contribution is 6.61. The first-order valence-electron chi connectivity index (χ1n) is 6.85. The molecule has 0 aliphatic carbocycles. The van der Waals surface area contributed by atoms with Crippen molar-refractivity contribution in [3.8, 4) is 0 Å². The fourth-order valence-corrected chi connectivity index (χ4v) is 2.60. The molecule has 4 nitrogen and oxygen atoms in total. The van der Waals surface area contributed by atoms with E-state index >= 15 is 0 Å². The molecule has 106 valence electrons.